The number of nitrogens with two attached hydrogens (primary N) is 1. The number of halogens is 1. The van der Waals surface area contributed by atoms with Crippen molar-refractivity contribution in [1.82, 2.24) is 4.90 Å². The molecule has 2 N–H and O–H groups in total. The Hall–Kier alpha value is -0.770. The fraction of sp³-hybridized carbons (Fsp3) is 0.600. The first-order valence-electron chi connectivity index (χ1n) is 6.77. The van der Waals surface area contributed by atoms with E-state index < -0.39 is 0 Å². The normalized spacial score (nSPS) is 11.9. The summed E-state index contributed by atoms with van der Waals surface area (Å²) < 4.78 is 5.71. The molecule has 0 atom stereocenters. The molecule has 0 saturated carbocycles. The molecule has 108 valence electrons. The lowest BCUT2D eigenvalue weighted by molar-refractivity contribution is 0.160. The van der Waals surface area contributed by atoms with Crippen LogP contribution in [-0.4, -0.2) is 37.7 Å². The van der Waals surface area contributed by atoms with Crippen LogP contribution in [0.4, 0.5) is 0 Å². The van der Waals surface area contributed by atoms with E-state index in [0.29, 0.717) is 18.2 Å². The van der Waals surface area contributed by atoms with Gasteiger partial charge in [0.25, 0.3) is 0 Å². The highest BCUT2D eigenvalue weighted by molar-refractivity contribution is 6.30. The minimum Gasteiger partial charge on any atom is -0.492 e. The van der Waals surface area contributed by atoms with Crippen LogP contribution in [0.2, 0.25) is 5.02 Å². The number of rotatable bonds is 8. The van der Waals surface area contributed by atoms with Gasteiger partial charge in [-0.15, -0.1) is 0 Å². The first-order valence-corrected chi connectivity index (χ1v) is 7.15. The monoisotopic (exact) mass is 284 g/mol. The van der Waals surface area contributed by atoms with Crippen molar-refractivity contribution in [3.63, 3.8) is 0 Å². The first kappa shape index (κ1) is 16.3. The molecule has 19 heavy (non-hydrogen) atoms. The quantitative estimate of drug-likeness (QED) is 0.797. The Balaban J connectivity index is 2.38. The number of hydrogen-bond acceptors (Lipinski definition) is 3. The Morgan fingerprint density at radius 3 is 2.68 bits per heavy atom. The molecule has 0 spiro atoms. The molecule has 3 nitrogen and oxygen atoms in total. The Kier molecular flexibility index (Phi) is 6.63. The molecule has 0 aliphatic heterocycles. The number of hydrogen-bond donors (Lipinski definition) is 1. The molecule has 1 aromatic carbocycles. The summed E-state index contributed by atoms with van der Waals surface area (Å²) in [4.78, 5) is 2.36. The fourth-order valence-corrected chi connectivity index (χ4v) is 2.05. The molecule has 0 heterocycles. The topological polar surface area (TPSA) is 38.5 Å². The molecular formula is C15H25ClN2O. The number of nitrogens with zero attached hydrogens (tertiary/aromatic N) is 1. The van der Waals surface area contributed by atoms with Gasteiger partial charge >= 0.3 is 0 Å². The number of likely N-dealkylation sites (N-methyl/N-ethyl adjacent to an activating group) is 1. The lowest BCUT2D eigenvalue weighted by Crippen LogP contribution is -2.40. The Labute approximate surface area is 121 Å². The zero-order valence-corrected chi connectivity index (χ0v) is 12.9. The van der Waals surface area contributed by atoms with E-state index >= 15 is 0 Å². The third kappa shape index (κ3) is 6.28. The second-order valence-electron chi connectivity index (χ2n) is 5.54. The van der Waals surface area contributed by atoms with Crippen LogP contribution in [0.25, 0.3) is 0 Å². The second-order valence-corrected chi connectivity index (χ2v) is 5.98. The molecule has 1 aromatic rings. The summed E-state index contributed by atoms with van der Waals surface area (Å²) in [6, 6.07) is 7.50. The molecule has 0 unspecified atom stereocenters. The van der Waals surface area contributed by atoms with Crippen molar-refractivity contribution in [3.8, 4) is 5.75 Å². The average molecular weight is 285 g/mol. The predicted molar refractivity (Wildman–Crippen MR) is 81.9 cm³/mol. The highest BCUT2D eigenvalue weighted by atomic mass is 35.5. The number of benzene rings is 1. The zero-order chi connectivity index (χ0) is 14.3. The van der Waals surface area contributed by atoms with Gasteiger partial charge < -0.3 is 10.5 Å². The highest BCUT2D eigenvalue weighted by Gasteiger charge is 2.19. The maximum atomic E-state index is 5.92. The van der Waals surface area contributed by atoms with Gasteiger partial charge in [0.2, 0.25) is 0 Å². The van der Waals surface area contributed by atoms with E-state index in [1.54, 1.807) is 0 Å². The van der Waals surface area contributed by atoms with Crippen molar-refractivity contribution in [2.45, 2.75) is 20.8 Å². The summed E-state index contributed by atoms with van der Waals surface area (Å²) in [5.74, 6) is 0.821. The molecule has 0 bridgehead atoms. The molecule has 0 radical (unpaired) electrons. The molecule has 1 rings (SSSR count). The van der Waals surface area contributed by atoms with Crippen LogP contribution in [0.3, 0.4) is 0 Å². The Bertz CT molecular complexity index is 382. The van der Waals surface area contributed by atoms with Gasteiger partial charge in [-0.05, 0) is 36.7 Å². The Morgan fingerprint density at radius 1 is 1.37 bits per heavy atom. The van der Waals surface area contributed by atoms with E-state index in [1.165, 1.54) is 0 Å². The van der Waals surface area contributed by atoms with Crippen LogP contribution < -0.4 is 10.5 Å². The molecular weight excluding hydrogens is 260 g/mol. The van der Waals surface area contributed by atoms with E-state index in [9.17, 15) is 0 Å². The minimum atomic E-state index is 0.145. The standard InChI is InChI=1S/C15H25ClN2O/c1-4-18(12-15(2,3)11-17)8-9-19-14-7-5-6-13(16)10-14/h5-7,10H,4,8-9,11-12,17H2,1-3H3. The van der Waals surface area contributed by atoms with Crippen LogP contribution in [0.15, 0.2) is 24.3 Å². The average Bonchev–Trinajstić information content (AvgIpc) is 2.37. The van der Waals surface area contributed by atoms with Crippen molar-refractivity contribution in [3.05, 3.63) is 29.3 Å². The van der Waals surface area contributed by atoms with Crippen LogP contribution in [0.5, 0.6) is 5.75 Å². The van der Waals surface area contributed by atoms with Gasteiger partial charge in [-0.3, -0.25) is 4.90 Å². The second kappa shape index (κ2) is 7.73. The summed E-state index contributed by atoms with van der Waals surface area (Å²) >= 11 is 5.92. The van der Waals surface area contributed by atoms with Gasteiger partial charge in [-0.1, -0.05) is 38.4 Å². The third-order valence-corrected chi connectivity index (χ3v) is 3.36. The van der Waals surface area contributed by atoms with Gasteiger partial charge in [0, 0.05) is 18.1 Å². The largest absolute Gasteiger partial charge is 0.492 e. The summed E-state index contributed by atoms with van der Waals surface area (Å²) in [5, 5.41) is 0.703. The van der Waals surface area contributed by atoms with Gasteiger partial charge in [-0.2, -0.15) is 0 Å². The van der Waals surface area contributed by atoms with E-state index in [0.717, 1.165) is 25.4 Å². The van der Waals surface area contributed by atoms with Gasteiger partial charge in [-0.25, -0.2) is 0 Å². The van der Waals surface area contributed by atoms with Crippen molar-refractivity contribution >= 4 is 11.6 Å². The summed E-state index contributed by atoms with van der Waals surface area (Å²) in [6.45, 7) is 10.8. The Morgan fingerprint density at radius 2 is 2.11 bits per heavy atom. The molecule has 0 saturated heterocycles. The lowest BCUT2D eigenvalue weighted by Gasteiger charge is -2.30. The van der Waals surface area contributed by atoms with E-state index in [1.807, 2.05) is 24.3 Å². The van der Waals surface area contributed by atoms with Gasteiger partial charge in [0.1, 0.15) is 12.4 Å². The predicted octanol–water partition coefficient (Wildman–Crippen LogP) is 3.03. The maximum absolute atomic E-state index is 5.92. The SMILES string of the molecule is CCN(CCOc1cccc(Cl)c1)CC(C)(C)CN. The van der Waals surface area contributed by atoms with E-state index in [4.69, 9.17) is 22.1 Å². The zero-order valence-electron chi connectivity index (χ0n) is 12.2. The van der Waals surface area contributed by atoms with Gasteiger partial charge in [0.05, 0.1) is 0 Å². The molecule has 4 heteroatoms. The van der Waals surface area contributed by atoms with E-state index in [-0.39, 0.29) is 5.41 Å². The third-order valence-electron chi connectivity index (χ3n) is 3.12. The summed E-state index contributed by atoms with van der Waals surface area (Å²) in [7, 11) is 0. The minimum absolute atomic E-state index is 0.145. The van der Waals surface area contributed by atoms with Crippen LogP contribution in [-0.2, 0) is 0 Å². The van der Waals surface area contributed by atoms with Crippen molar-refractivity contribution in [2.24, 2.45) is 11.1 Å². The number of ether oxygens (including phenoxy) is 1. The van der Waals surface area contributed by atoms with Crippen molar-refractivity contribution in [2.75, 3.05) is 32.8 Å². The van der Waals surface area contributed by atoms with Crippen molar-refractivity contribution < 1.29 is 4.74 Å². The van der Waals surface area contributed by atoms with Crippen molar-refractivity contribution in [1.29, 1.82) is 0 Å². The summed E-state index contributed by atoms with van der Waals surface area (Å²) in [5.41, 5.74) is 5.92. The molecule has 0 aliphatic carbocycles. The van der Waals surface area contributed by atoms with Crippen LogP contribution in [0.1, 0.15) is 20.8 Å². The lowest BCUT2D eigenvalue weighted by atomic mass is 9.93. The molecule has 0 aromatic heterocycles. The molecule has 0 aliphatic rings. The fourth-order valence-electron chi connectivity index (χ4n) is 1.87. The smallest absolute Gasteiger partial charge is 0.120 e. The maximum Gasteiger partial charge on any atom is 0.120 e. The first-order chi connectivity index (χ1) is 8.96. The summed E-state index contributed by atoms with van der Waals surface area (Å²) in [6.07, 6.45) is 0. The van der Waals surface area contributed by atoms with Gasteiger partial charge in [0.15, 0.2) is 0 Å². The van der Waals surface area contributed by atoms with Crippen LogP contribution in [0, 0.1) is 5.41 Å². The van der Waals surface area contributed by atoms with E-state index in [2.05, 4.69) is 25.7 Å². The molecule has 0 amide bonds. The highest BCUT2D eigenvalue weighted by Crippen LogP contribution is 2.17. The van der Waals surface area contributed by atoms with Crippen LogP contribution >= 0.6 is 11.6 Å². The molecule has 0 fully saturated rings.